The van der Waals surface area contributed by atoms with E-state index in [4.69, 9.17) is 10.5 Å². The predicted octanol–water partition coefficient (Wildman–Crippen LogP) is 3.29. The Morgan fingerprint density at radius 1 is 1.39 bits per heavy atom. The van der Waals surface area contributed by atoms with Crippen LogP contribution in [-0.4, -0.2) is 19.2 Å². The Morgan fingerprint density at radius 3 is 2.89 bits per heavy atom. The summed E-state index contributed by atoms with van der Waals surface area (Å²) in [6, 6.07) is 6.71. The molecule has 1 fully saturated rings. The summed E-state index contributed by atoms with van der Waals surface area (Å²) < 4.78 is 5.58. The number of nitrogens with zero attached hydrogens (tertiary/aromatic N) is 1. The summed E-state index contributed by atoms with van der Waals surface area (Å²) in [6.07, 6.45) is 2.59. The molecule has 1 aliphatic heterocycles. The number of nitrogen functional groups attached to an aromatic ring is 1. The first-order valence-corrected chi connectivity index (χ1v) is 6.92. The lowest BCUT2D eigenvalue weighted by Gasteiger charge is -2.39. The highest BCUT2D eigenvalue weighted by atomic mass is 16.5. The van der Waals surface area contributed by atoms with E-state index >= 15 is 0 Å². The van der Waals surface area contributed by atoms with Crippen LogP contribution >= 0.6 is 0 Å². The van der Waals surface area contributed by atoms with Crippen LogP contribution in [0.25, 0.3) is 0 Å². The quantitative estimate of drug-likeness (QED) is 0.834. The summed E-state index contributed by atoms with van der Waals surface area (Å²) in [5.41, 5.74) is 7.87. The Labute approximate surface area is 110 Å². The SMILES string of the molecule is CCOc1cc(N2CCCC(C)C2C)ccc1N. The molecule has 1 heterocycles. The Kier molecular flexibility index (Phi) is 4.00. The Morgan fingerprint density at radius 2 is 2.17 bits per heavy atom. The van der Waals surface area contributed by atoms with Crippen molar-refractivity contribution in [3.8, 4) is 5.75 Å². The molecule has 0 aliphatic carbocycles. The summed E-state index contributed by atoms with van der Waals surface area (Å²) in [7, 11) is 0. The van der Waals surface area contributed by atoms with E-state index in [0.29, 0.717) is 12.6 Å². The molecule has 1 aliphatic rings. The van der Waals surface area contributed by atoms with Gasteiger partial charge in [-0.3, -0.25) is 0 Å². The van der Waals surface area contributed by atoms with Gasteiger partial charge in [-0.1, -0.05) is 6.92 Å². The Hall–Kier alpha value is -1.38. The molecule has 0 spiro atoms. The molecule has 0 radical (unpaired) electrons. The van der Waals surface area contributed by atoms with Crippen LogP contribution in [-0.2, 0) is 0 Å². The second kappa shape index (κ2) is 5.51. The van der Waals surface area contributed by atoms with E-state index < -0.39 is 0 Å². The van der Waals surface area contributed by atoms with Crippen LogP contribution in [0.1, 0.15) is 33.6 Å². The second-order valence-electron chi connectivity index (χ2n) is 5.21. The van der Waals surface area contributed by atoms with E-state index in [1.807, 2.05) is 13.0 Å². The minimum Gasteiger partial charge on any atom is -0.492 e. The van der Waals surface area contributed by atoms with Crippen LogP contribution in [0.5, 0.6) is 5.75 Å². The first kappa shape index (κ1) is 13.1. The summed E-state index contributed by atoms with van der Waals surface area (Å²) in [5, 5.41) is 0. The fourth-order valence-corrected chi connectivity index (χ4v) is 2.68. The van der Waals surface area contributed by atoms with E-state index in [0.717, 1.165) is 23.9 Å². The lowest BCUT2D eigenvalue weighted by atomic mass is 9.91. The second-order valence-corrected chi connectivity index (χ2v) is 5.21. The molecule has 1 saturated heterocycles. The molecule has 100 valence electrons. The minimum atomic E-state index is 0.580. The fourth-order valence-electron chi connectivity index (χ4n) is 2.68. The number of rotatable bonds is 3. The first-order chi connectivity index (χ1) is 8.63. The molecule has 2 unspecified atom stereocenters. The summed E-state index contributed by atoms with van der Waals surface area (Å²) in [5.74, 6) is 1.55. The van der Waals surface area contributed by atoms with Gasteiger partial charge in [-0.2, -0.15) is 0 Å². The normalized spacial score (nSPS) is 24.1. The number of hydrogen-bond acceptors (Lipinski definition) is 3. The van der Waals surface area contributed by atoms with Gasteiger partial charge in [-0.25, -0.2) is 0 Å². The molecule has 0 bridgehead atoms. The van der Waals surface area contributed by atoms with Crippen LogP contribution in [0, 0.1) is 5.92 Å². The molecule has 1 aromatic carbocycles. The molecule has 1 aromatic rings. The Balaban J connectivity index is 2.24. The molecule has 0 saturated carbocycles. The maximum atomic E-state index is 5.92. The number of nitrogens with two attached hydrogens (primary N) is 1. The first-order valence-electron chi connectivity index (χ1n) is 6.92. The molecule has 0 amide bonds. The highest BCUT2D eigenvalue weighted by molar-refractivity contribution is 5.62. The summed E-state index contributed by atoms with van der Waals surface area (Å²) in [4.78, 5) is 2.47. The van der Waals surface area contributed by atoms with Crippen molar-refractivity contribution < 1.29 is 4.74 Å². The van der Waals surface area contributed by atoms with Crippen molar-refractivity contribution in [2.45, 2.75) is 39.7 Å². The van der Waals surface area contributed by atoms with E-state index in [9.17, 15) is 0 Å². The van der Waals surface area contributed by atoms with Gasteiger partial charge in [-0.15, -0.1) is 0 Å². The van der Waals surface area contributed by atoms with Gasteiger partial charge in [0.05, 0.1) is 12.3 Å². The lowest BCUT2D eigenvalue weighted by Crippen LogP contribution is -2.42. The molecular weight excluding hydrogens is 224 g/mol. The van der Waals surface area contributed by atoms with Crippen LogP contribution in [0.15, 0.2) is 18.2 Å². The van der Waals surface area contributed by atoms with Gasteiger partial charge in [0.15, 0.2) is 0 Å². The number of ether oxygens (including phenoxy) is 1. The van der Waals surface area contributed by atoms with Crippen molar-refractivity contribution in [2.75, 3.05) is 23.8 Å². The number of anilines is 2. The number of piperidine rings is 1. The average Bonchev–Trinajstić information content (AvgIpc) is 2.36. The monoisotopic (exact) mass is 248 g/mol. The summed E-state index contributed by atoms with van der Waals surface area (Å²) >= 11 is 0. The third kappa shape index (κ3) is 2.55. The molecule has 18 heavy (non-hydrogen) atoms. The highest BCUT2D eigenvalue weighted by Gasteiger charge is 2.25. The molecular formula is C15H24N2O. The van der Waals surface area contributed by atoms with Gasteiger partial charge < -0.3 is 15.4 Å². The van der Waals surface area contributed by atoms with Gasteiger partial charge in [-0.05, 0) is 44.7 Å². The van der Waals surface area contributed by atoms with Gasteiger partial charge in [0.25, 0.3) is 0 Å². The van der Waals surface area contributed by atoms with Crippen molar-refractivity contribution >= 4 is 11.4 Å². The topological polar surface area (TPSA) is 38.5 Å². The smallest absolute Gasteiger partial charge is 0.144 e. The maximum Gasteiger partial charge on any atom is 0.144 e. The minimum absolute atomic E-state index is 0.580. The van der Waals surface area contributed by atoms with E-state index in [-0.39, 0.29) is 0 Å². The van der Waals surface area contributed by atoms with Crippen molar-refractivity contribution in [3.05, 3.63) is 18.2 Å². The van der Waals surface area contributed by atoms with Crippen LogP contribution < -0.4 is 15.4 Å². The van der Waals surface area contributed by atoms with E-state index in [1.54, 1.807) is 0 Å². The molecule has 2 atom stereocenters. The molecule has 2 N–H and O–H groups in total. The third-order valence-electron chi connectivity index (χ3n) is 4.00. The van der Waals surface area contributed by atoms with Crippen LogP contribution in [0.3, 0.4) is 0 Å². The zero-order chi connectivity index (χ0) is 13.1. The van der Waals surface area contributed by atoms with Gasteiger partial charge in [0.1, 0.15) is 5.75 Å². The van der Waals surface area contributed by atoms with Crippen molar-refractivity contribution in [3.63, 3.8) is 0 Å². The third-order valence-corrected chi connectivity index (χ3v) is 4.00. The van der Waals surface area contributed by atoms with Crippen molar-refractivity contribution in [1.82, 2.24) is 0 Å². The van der Waals surface area contributed by atoms with Gasteiger partial charge >= 0.3 is 0 Å². The highest BCUT2D eigenvalue weighted by Crippen LogP contribution is 2.33. The predicted molar refractivity (Wildman–Crippen MR) is 77.2 cm³/mol. The molecule has 3 heteroatoms. The van der Waals surface area contributed by atoms with Crippen molar-refractivity contribution in [2.24, 2.45) is 5.92 Å². The molecule has 3 nitrogen and oxygen atoms in total. The maximum absolute atomic E-state index is 5.92. The lowest BCUT2D eigenvalue weighted by molar-refractivity contribution is 0.340. The number of hydrogen-bond donors (Lipinski definition) is 1. The van der Waals surface area contributed by atoms with E-state index in [1.165, 1.54) is 18.5 Å². The van der Waals surface area contributed by atoms with Gasteiger partial charge in [0, 0.05) is 24.3 Å². The zero-order valence-corrected chi connectivity index (χ0v) is 11.6. The molecule has 2 rings (SSSR count). The zero-order valence-electron chi connectivity index (χ0n) is 11.6. The average molecular weight is 248 g/mol. The van der Waals surface area contributed by atoms with E-state index in [2.05, 4.69) is 30.9 Å². The van der Waals surface area contributed by atoms with Crippen molar-refractivity contribution in [1.29, 1.82) is 0 Å². The molecule has 0 aromatic heterocycles. The fraction of sp³-hybridized carbons (Fsp3) is 0.600. The van der Waals surface area contributed by atoms with Crippen LogP contribution in [0.4, 0.5) is 11.4 Å². The largest absolute Gasteiger partial charge is 0.492 e. The summed E-state index contributed by atoms with van der Waals surface area (Å²) in [6.45, 7) is 8.40. The standard InChI is InChI=1S/C15H24N2O/c1-4-18-15-10-13(7-8-14(15)16)17-9-5-6-11(2)12(17)3/h7-8,10-12H,4-6,9,16H2,1-3H3. The number of benzene rings is 1. The Bertz CT molecular complexity index is 405. The van der Waals surface area contributed by atoms with Crippen LogP contribution in [0.2, 0.25) is 0 Å². The van der Waals surface area contributed by atoms with Gasteiger partial charge in [0.2, 0.25) is 0 Å².